The lowest BCUT2D eigenvalue weighted by atomic mass is 10.1. The van der Waals surface area contributed by atoms with Gasteiger partial charge in [0.2, 0.25) is 5.91 Å². The zero-order chi connectivity index (χ0) is 23.4. The molecule has 7 heteroatoms. The van der Waals surface area contributed by atoms with Gasteiger partial charge in [-0.25, -0.2) is 0 Å². The number of rotatable bonds is 21. The van der Waals surface area contributed by atoms with Gasteiger partial charge in [-0.15, -0.1) is 0 Å². The van der Waals surface area contributed by atoms with Crippen molar-refractivity contribution in [2.24, 2.45) is 0 Å². The summed E-state index contributed by atoms with van der Waals surface area (Å²) < 4.78 is 31.8. The van der Waals surface area contributed by atoms with E-state index < -0.39 is 28.0 Å². The zero-order valence-corrected chi connectivity index (χ0v) is 20.7. The minimum atomic E-state index is -4.31. The number of carbonyl (C=O) groups excluding carboxylic acids is 1. The molecule has 3 N–H and O–H groups in total. The average Bonchev–Trinajstić information content (AvgIpc) is 2.70. The van der Waals surface area contributed by atoms with E-state index in [0.29, 0.717) is 6.42 Å². The first-order valence-corrected chi connectivity index (χ1v) is 14.0. The van der Waals surface area contributed by atoms with Crippen molar-refractivity contribution in [1.82, 2.24) is 5.32 Å². The van der Waals surface area contributed by atoms with Crippen molar-refractivity contribution in [2.45, 2.75) is 129 Å². The summed E-state index contributed by atoms with van der Waals surface area (Å²) in [4.78, 5) is 12.2. The number of hydrogen-bond donors (Lipinski definition) is 3. The van der Waals surface area contributed by atoms with Crippen molar-refractivity contribution >= 4 is 16.0 Å². The Morgan fingerprint density at radius 2 is 1.32 bits per heavy atom. The van der Waals surface area contributed by atoms with Crippen molar-refractivity contribution < 1.29 is 22.9 Å². The molecule has 0 aliphatic heterocycles. The van der Waals surface area contributed by atoms with E-state index in [1.807, 2.05) is 6.08 Å². The molecule has 2 unspecified atom stereocenters. The second kappa shape index (κ2) is 19.7. The molecule has 31 heavy (non-hydrogen) atoms. The molecule has 0 fully saturated rings. The maximum Gasteiger partial charge on any atom is 0.267 e. The van der Waals surface area contributed by atoms with Gasteiger partial charge in [-0.2, -0.15) is 8.42 Å². The first-order valence-electron chi connectivity index (χ1n) is 12.4. The summed E-state index contributed by atoms with van der Waals surface area (Å²) in [6.07, 6.45) is 19.3. The molecular weight excluding hydrogens is 414 g/mol. The molecule has 0 saturated heterocycles. The molecule has 0 aromatic carbocycles. The van der Waals surface area contributed by atoms with Crippen LogP contribution < -0.4 is 5.32 Å². The van der Waals surface area contributed by atoms with Gasteiger partial charge < -0.3 is 10.4 Å². The standard InChI is InChI=1S/C24H47NO5S/c1-3-5-7-9-11-12-14-15-17-19-23(26)22(21-31(28,29)30)25-24(27)20-18-16-13-10-8-6-4-2/h17,19,22-23,26H,3-16,18,20-21H2,1-2H3,(H,25,27)(H,28,29,30)/b19-17+. The number of amides is 1. The second-order valence-corrected chi connectivity index (χ2v) is 10.1. The lowest BCUT2D eigenvalue weighted by Gasteiger charge is -2.21. The Kier molecular flexibility index (Phi) is 19.2. The van der Waals surface area contributed by atoms with Gasteiger partial charge in [-0.05, 0) is 19.3 Å². The van der Waals surface area contributed by atoms with Crippen LogP contribution in [-0.2, 0) is 14.9 Å². The SMILES string of the molecule is CCCCCCCCC/C=C/C(O)C(CS(=O)(=O)O)NC(=O)CCCCCCCCC. The maximum absolute atomic E-state index is 12.2. The van der Waals surface area contributed by atoms with Gasteiger partial charge in [0.05, 0.1) is 17.9 Å². The van der Waals surface area contributed by atoms with E-state index in [0.717, 1.165) is 38.5 Å². The highest BCUT2D eigenvalue weighted by molar-refractivity contribution is 7.85. The van der Waals surface area contributed by atoms with Gasteiger partial charge in [0.15, 0.2) is 0 Å². The molecule has 0 rings (SSSR count). The summed E-state index contributed by atoms with van der Waals surface area (Å²) in [7, 11) is -4.31. The highest BCUT2D eigenvalue weighted by atomic mass is 32.2. The fourth-order valence-electron chi connectivity index (χ4n) is 3.56. The van der Waals surface area contributed by atoms with Crippen LogP contribution in [0.4, 0.5) is 0 Å². The Bertz CT molecular complexity index is 562. The van der Waals surface area contributed by atoms with Crippen LogP contribution in [0.25, 0.3) is 0 Å². The fourth-order valence-corrected chi connectivity index (χ4v) is 4.30. The minimum absolute atomic E-state index is 0.290. The van der Waals surface area contributed by atoms with E-state index in [4.69, 9.17) is 0 Å². The number of nitrogens with one attached hydrogen (secondary N) is 1. The van der Waals surface area contributed by atoms with Gasteiger partial charge in [-0.3, -0.25) is 9.35 Å². The number of aliphatic hydroxyl groups excluding tert-OH is 1. The normalized spacial score (nSPS) is 14.1. The number of unbranched alkanes of at least 4 members (excludes halogenated alkanes) is 13. The highest BCUT2D eigenvalue weighted by Gasteiger charge is 2.24. The molecule has 1 amide bonds. The van der Waals surface area contributed by atoms with E-state index >= 15 is 0 Å². The first-order chi connectivity index (χ1) is 14.8. The third kappa shape index (κ3) is 20.7. The minimum Gasteiger partial charge on any atom is -0.387 e. The largest absolute Gasteiger partial charge is 0.387 e. The fraction of sp³-hybridized carbons (Fsp3) is 0.875. The Morgan fingerprint density at radius 3 is 1.84 bits per heavy atom. The summed E-state index contributed by atoms with van der Waals surface area (Å²) in [6.45, 7) is 4.37. The van der Waals surface area contributed by atoms with Crippen LogP contribution in [0.1, 0.15) is 117 Å². The molecule has 0 bridgehead atoms. The molecule has 0 aromatic rings. The summed E-state index contributed by atoms with van der Waals surface area (Å²) in [6, 6.07) is -1.04. The highest BCUT2D eigenvalue weighted by Crippen LogP contribution is 2.11. The monoisotopic (exact) mass is 461 g/mol. The molecule has 6 nitrogen and oxygen atoms in total. The number of allylic oxidation sites excluding steroid dienone is 1. The van der Waals surface area contributed by atoms with Crippen LogP contribution >= 0.6 is 0 Å². The van der Waals surface area contributed by atoms with Gasteiger partial charge in [0.25, 0.3) is 10.1 Å². The lowest BCUT2D eigenvalue weighted by molar-refractivity contribution is -0.122. The van der Waals surface area contributed by atoms with Crippen LogP contribution in [0.15, 0.2) is 12.2 Å². The Hall–Kier alpha value is -0.920. The van der Waals surface area contributed by atoms with Crippen LogP contribution in [0.3, 0.4) is 0 Å². The number of hydrogen-bond acceptors (Lipinski definition) is 4. The van der Waals surface area contributed by atoms with Crippen molar-refractivity contribution in [3.05, 3.63) is 12.2 Å². The van der Waals surface area contributed by atoms with Gasteiger partial charge >= 0.3 is 0 Å². The second-order valence-electron chi connectivity index (χ2n) is 8.62. The van der Waals surface area contributed by atoms with E-state index in [2.05, 4.69) is 19.2 Å². The maximum atomic E-state index is 12.2. The molecule has 0 radical (unpaired) electrons. The predicted octanol–water partition coefficient (Wildman–Crippen LogP) is 5.56. The number of carbonyl (C=O) groups is 1. The van der Waals surface area contributed by atoms with Crippen LogP contribution in [0, 0.1) is 0 Å². The third-order valence-electron chi connectivity index (χ3n) is 5.46. The van der Waals surface area contributed by atoms with E-state index in [-0.39, 0.29) is 5.91 Å². The smallest absolute Gasteiger partial charge is 0.267 e. The summed E-state index contributed by atoms with van der Waals surface area (Å²) >= 11 is 0. The third-order valence-corrected chi connectivity index (χ3v) is 6.24. The molecule has 0 aromatic heterocycles. The lowest BCUT2D eigenvalue weighted by Crippen LogP contribution is -2.46. The quantitative estimate of drug-likeness (QED) is 0.118. The van der Waals surface area contributed by atoms with Crippen LogP contribution in [0.2, 0.25) is 0 Å². The van der Waals surface area contributed by atoms with Crippen molar-refractivity contribution in [1.29, 1.82) is 0 Å². The van der Waals surface area contributed by atoms with Gasteiger partial charge in [-0.1, -0.05) is 103 Å². The molecule has 0 aliphatic carbocycles. The Balaban J connectivity index is 4.27. The van der Waals surface area contributed by atoms with Crippen molar-refractivity contribution in [2.75, 3.05) is 5.75 Å². The molecule has 0 heterocycles. The Morgan fingerprint density at radius 1 is 0.839 bits per heavy atom. The van der Waals surface area contributed by atoms with E-state index in [1.165, 1.54) is 63.9 Å². The van der Waals surface area contributed by atoms with Gasteiger partial charge in [0.1, 0.15) is 0 Å². The van der Waals surface area contributed by atoms with Crippen LogP contribution in [0.5, 0.6) is 0 Å². The van der Waals surface area contributed by atoms with E-state index in [1.54, 1.807) is 0 Å². The van der Waals surface area contributed by atoms with Crippen molar-refractivity contribution in [3.8, 4) is 0 Å². The van der Waals surface area contributed by atoms with Crippen LogP contribution in [-0.4, -0.2) is 41.9 Å². The molecule has 184 valence electrons. The summed E-state index contributed by atoms with van der Waals surface area (Å²) in [5.74, 6) is -0.986. The van der Waals surface area contributed by atoms with Crippen molar-refractivity contribution in [3.63, 3.8) is 0 Å². The topological polar surface area (TPSA) is 104 Å². The summed E-state index contributed by atoms with van der Waals surface area (Å²) in [5, 5.41) is 12.9. The first kappa shape index (κ1) is 30.1. The van der Waals surface area contributed by atoms with E-state index in [9.17, 15) is 22.9 Å². The summed E-state index contributed by atoms with van der Waals surface area (Å²) in [5.41, 5.74) is 0. The van der Waals surface area contributed by atoms with Gasteiger partial charge in [0, 0.05) is 6.42 Å². The Labute approximate surface area is 191 Å². The molecule has 2 atom stereocenters. The average molecular weight is 462 g/mol. The molecule has 0 spiro atoms. The zero-order valence-electron chi connectivity index (χ0n) is 19.9. The molecular formula is C24H47NO5S. The molecule has 0 aliphatic rings. The predicted molar refractivity (Wildman–Crippen MR) is 129 cm³/mol. The number of aliphatic hydroxyl groups is 1. The molecule has 0 saturated carbocycles.